The molecule has 1 aliphatic carbocycles. The molecular formula is C19H15ClO3. The van der Waals surface area contributed by atoms with Gasteiger partial charge in [0.1, 0.15) is 0 Å². The Morgan fingerprint density at radius 3 is 2.09 bits per heavy atom. The molecule has 4 heteroatoms. The highest BCUT2D eigenvalue weighted by molar-refractivity contribution is 6.30. The lowest BCUT2D eigenvalue weighted by Gasteiger charge is -2.17. The van der Waals surface area contributed by atoms with E-state index in [-0.39, 0.29) is 16.9 Å². The molecule has 0 heterocycles. The van der Waals surface area contributed by atoms with Crippen LogP contribution in [0.25, 0.3) is 0 Å². The number of hydrogen-bond donors (Lipinski definition) is 1. The molecule has 0 saturated carbocycles. The smallest absolute Gasteiger partial charge is 0.228 e. The number of aryl methyl sites for hydroxylation is 1. The minimum Gasteiger partial charge on any atom is -0.504 e. The van der Waals surface area contributed by atoms with E-state index in [0.717, 1.165) is 12.0 Å². The highest BCUT2D eigenvalue weighted by Crippen LogP contribution is 2.28. The summed E-state index contributed by atoms with van der Waals surface area (Å²) < 4.78 is 0. The maximum absolute atomic E-state index is 12.5. The van der Waals surface area contributed by atoms with E-state index in [1.165, 1.54) is 0 Å². The third kappa shape index (κ3) is 3.06. The maximum atomic E-state index is 12.5. The first kappa shape index (κ1) is 15.5. The van der Waals surface area contributed by atoms with Gasteiger partial charge in [-0.2, -0.15) is 0 Å². The zero-order valence-corrected chi connectivity index (χ0v) is 13.1. The molecule has 0 saturated heterocycles. The summed E-state index contributed by atoms with van der Waals surface area (Å²) in [7, 11) is 0. The van der Waals surface area contributed by atoms with Crippen LogP contribution in [0.5, 0.6) is 0 Å². The van der Waals surface area contributed by atoms with Crippen LogP contribution in [0.3, 0.4) is 0 Å². The standard InChI is InChI=1S/C19H15ClO3/c20-13-10-8-12(9-11-13)4-3-7-16-17(21)14-5-1-2-6-15(14)18(22)19(16)23/h1-2,5-6,8-11,23H,3-4,7H2. The molecule has 0 aromatic heterocycles. The Labute approximate surface area is 139 Å². The third-order valence-corrected chi connectivity index (χ3v) is 4.25. The second-order valence-corrected chi connectivity index (χ2v) is 5.95. The molecule has 1 N–H and O–H groups in total. The van der Waals surface area contributed by atoms with Gasteiger partial charge in [-0.25, -0.2) is 0 Å². The number of carbonyl (C=O) groups is 2. The molecule has 1 aliphatic rings. The average Bonchev–Trinajstić information content (AvgIpc) is 2.57. The van der Waals surface area contributed by atoms with Crippen molar-refractivity contribution in [3.8, 4) is 0 Å². The largest absolute Gasteiger partial charge is 0.504 e. The molecular weight excluding hydrogens is 312 g/mol. The molecule has 0 fully saturated rings. The normalized spacial score (nSPS) is 14.1. The number of aliphatic hydroxyl groups excluding tert-OH is 1. The van der Waals surface area contributed by atoms with E-state index in [4.69, 9.17) is 11.6 Å². The van der Waals surface area contributed by atoms with E-state index in [2.05, 4.69) is 0 Å². The quantitative estimate of drug-likeness (QED) is 0.896. The highest BCUT2D eigenvalue weighted by atomic mass is 35.5. The van der Waals surface area contributed by atoms with Crippen molar-refractivity contribution in [3.63, 3.8) is 0 Å². The van der Waals surface area contributed by atoms with Crippen LogP contribution in [0.15, 0.2) is 59.9 Å². The summed E-state index contributed by atoms with van der Waals surface area (Å²) >= 11 is 5.85. The predicted molar refractivity (Wildman–Crippen MR) is 89.1 cm³/mol. The highest BCUT2D eigenvalue weighted by Gasteiger charge is 2.31. The molecule has 0 amide bonds. The van der Waals surface area contributed by atoms with Crippen LogP contribution in [0.1, 0.15) is 39.1 Å². The van der Waals surface area contributed by atoms with Crippen LogP contribution < -0.4 is 0 Å². The van der Waals surface area contributed by atoms with E-state index in [9.17, 15) is 14.7 Å². The number of Topliss-reactive ketones (excluding diaryl/α,β-unsaturated/α-hetero) is 2. The molecule has 3 nitrogen and oxygen atoms in total. The fourth-order valence-electron chi connectivity index (χ4n) is 2.77. The Hall–Kier alpha value is -2.39. The molecule has 23 heavy (non-hydrogen) atoms. The molecule has 0 atom stereocenters. The number of hydrogen-bond acceptors (Lipinski definition) is 3. The summed E-state index contributed by atoms with van der Waals surface area (Å²) in [5, 5.41) is 10.8. The average molecular weight is 327 g/mol. The summed E-state index contributed by atoms with van der Waals surface area (Å²) in [6.45, 7) is 0. The maximum Gasteiger partial charge on any atom is 0.228 e. The van der Waals surface area contributed by atoms with Gasteiger partial charge in [0.05, 0.1) is 0 Å². The Morgan fingerprint density at radius 1 is 0.826 bits per heavy atom. The van der Waals surface area contributed by atoms with Crippen LogP contribution >= 0.6 is 11.6 Å². The molecule has 0 bridgehead atoms. The van der Waals surface area contributed by atoms with E-state index >= 15 is 0 Å². The van der Waals surface area contributed by atoms with Crippen LogP contribution in [0.2, 0.25) is 5.02 Å². The minimum atomic E-state index is -0.471. The SMILES string of the molecule is O=C1C(O)=C(CCCc2ccc(Cl)cc2)C(=O)c2ccccc21. The lowest BCUT2D eigenvalue weighted by atomic mass is 9.86. The summed E-state index contributed by atoms with van der Waals surface area (Å²) in [6, 6.07) is 14.1. The van der Waals surface area contributed by atoms with Crippen molar-refractivity contribution in [2.45, 2.75) is 19.3 Å². The Balaban J connectivity index is 1.75. The van der Waals surface area contributed by atoms with Crippen molar-refractivity contribution in [2.24, 2.45) is 0 Å². The van der Waals surface area contributed by atoms with Crippen LogP contribution in [-0.2, 0) is 6.42 Å². The topological polar surface area (TPSA) is 54.4 Å². The van der Waals surface area contributed by atoms with Gasteiger partial charge in [0.2, 0.25) is 5.78 Å². The number of benzene rings is 2. The number of carbonyl (C=O) groups excluding carboxylic acids is 2. The first-order chi connectivity index (χ1) is 11.1. The van der Waals surface area contributed by atoms with E-state index < -0.39 is 11.5 Å². The summed E-state index contributed by atoms with van der Waals surface area (Å²) in [5.74, 6) is -1.14. The molecule has 2 aromatic rings. The van der Waals surface area contributed by atoms with Crippen molar-refractivity contribution in [1.82, 2.24) is 0 Å². The van der Waals surface area contributed by atoms with Crippen LogP contribution in [-0.4, -0.2) is 16.7 Å². The second kappa shape index (κ2) is 6.39. The third-order valence-electron chi connectivity index (χ3n) is 4.00. The molecule has 0 radical (unpaired) electrons. The summed E-state index contributed by atoms with van der Waals surface area (Å²) in [4.78, 5) is 24.6. The number of ketones is 2. The molecule has 116 valence electrons. The molecule has 3 rings (SSSR count). The van der Waals surface area contributed by atoms with Gasteiger partial charge in [-0.05, 0) is 37.0 Å². The van der Waals surface area contributed by atoms with Crippen molar-refractivity contribution >= 4 is 23.2 Å². The van der Waals surface area contributed by atoms with Crippen molar-refractivity contribution < 1.29 is 14.7 Å². The number of fused-ring (bicyclic) bond motifs is 1. The van der Waals surface area contributed by atoms with E-state index in [0.29, 0.717) is 23.4 Å². The number of rotatable bonds is 4. The zero-order chi connectivity index (χ0) is 16.4. The van der Waals surface area contributed by atoms with Gasteiger partial charge in [0, 0.05) is 21.7 Å². The van der Waals surface area contributed by atoms with Crippen molar-refractivity contribution in [2.75, 3.05) is 0 Å². The van der Waals surface area contributed by atoms with Gasteiger partial charge in [0.15, 0.2) is 11.5 Å². The van der Waals surface area contributed by atoms with E-state index in [1.54, 1.807) is 24.3 Å². The second-order valence-electron chi connectivity index (χ2n) is 5.51. The lowest BCUT2D eigenvalue weighted by molar-refractivity contribution is 0.0926. The van der Waals surface area contributed by atoms with Crippen molar-refractivity contribution in [1.29, 1.82) is 0 Å². The lowest BCUT2D eigenvalue weighted by Crippen LogP contribution is -2.22. The first-order valence-electron chi connectivity index (χ1n) is 7.43. The molecule has 0 unspecified atom stereocenters. The van der Waals surface area contributed by atoms with Gasteiger partial charge in [-0.15, -0.1) is 0 Å². The zero-order valence-electron chi connectivity index (χ0n) is 12.4. The Bertz CT molecular complexity index is 804. The van der Waals surface area contributed by atoms with Gasteiger partial charge in [-0.3, -0.25) is 9.59 Å². The van der Waals surface area contributed by atoms with Gasteiger partial charge in [-0.1, -0.05) is 48.0 Å². The van der Waals surface area contributed by atoms with Gasteiger partial charge in [0.25, 0.3) is 0 Å². The molecule has 2 aromatic carbocycles. The Morgan fingerprint density at radius 2 is 1.43 bits per heavy atom. The number of allylic oxidation sites excluding steroid dienone is 2. The number of halogens is 1. The summed E-state index contributed by atoms with van der Waals surface area (Å²) in [6.07, 6.45) is 1.78. The predicted octanol–water partition coefficient (Wildman–Crippen LogP) is 4.55. The van der Waals surface area contributed by atoms with Gasteiger partial charge < -0.3 is 5.11 Å². The molecule has 0 spiro atoms. The first-order valence-corrected chi connectivity index (χ1v) is 7.80. The Kier molecular flexibility index (Phi) is 4.30. The number of aliphatic hydroxyl groups is 1. The summed E-state index contributed by atoms with van der Waals surface area (Å²) in [5.41, 5.74) is 1.96. The fraction of sp³-hybridized carbons (Fsp3) is 0.158. The van der Waals surface area contributed by atoms with Crippen LogP contribution in [0, 0.1) is 0 Å². The van der Waals surface area contributed by atoms with Gasteiger partial charge >= 0.3 is 0 Å². The molecule has 0 aliphatic heterocycles. The van der Waals surface area contributed by atoms with Crippen LogP contribution in [0.4, 0.5) is 0 Å². The fourth-order valence-corrected chi connectivity index (χ4v) is 2.89. The minimum absolute atomic E-state index is 0.211. The monoisotopic (exact) mass is 326 g/mol. The van der Waals surface area contributed by atoms with E-state index in [1.807, 2.05) is 24.3 Å². The van der Waals surface area contributed by atoms with Crippen molar-refractivity contribution in [3.05, 3.63) is 81.6 Å².